The molecule has 0 aromatic heterocycles. The molecule has 4 nitrogen and oxygen atoms in total. The number of benzene rings is 1. The van der Waals surface area contributed by atoms with Crippen molar-refractivity contribution in [2.75, 3.05) is 10.6 Å². The van der Waals surface area contributed by atoms with Gasteiger partial charge in [0.15, 0.2) is 0 Å². The summed E-state index contributed by atoms with van der Waals surface area (Å²) in [6.07, 6.45) is 2.72. The Morgan fingerprint density at radius 1 is 1.21 bits per heavy atom. The first kappa shape index (κ1) is 15.0. The number of nitrogens with one attached hydrogen (secondary N) is 2. The van der Waals surface area contributed by atoms with Crippen LogP contribution in [0, 0.1) is 6.92 Å². The Balaban J connectivity index is 2.81. The molecule has 0 aliphatic carbocycles. The summed E-state index contributed by atoms with van der Waals surface area (Å²) in [5.41, 5.74) is 3.09. The van der Waals surface area contributed by atoms with Crippen LogP contribution in [0.5, 0.6) is 0 Å². The number of carbonyl (C=O) groups excluding carboxylic acids is 2. The summed E-state index contributed by atoms with van der Waals surface area (Å²) in [6, 6.07) is 5.39. The Morgan fingerprint density at radius 2 is 1.89 bits per heavy atom. The van der Waals surface area contributed by atoms with Crippen LogP contribution in [0.25, 0.3) is 0 Å². The molecule has 0 saturated carbocycles. The molecule has 0 heterocycles. The van der Waals surface area contributed by atoms with E-state index in [1.165, 1.54) is 6.92 Å². The average molecular weight is 260 g/mol. The summed E-state index contributed by atoms with van der Waals surface area (Å²) < 4.78 is 0. The van der Waals surface area contributed by atoms with Crippen molar-refractivity contribution in [3.8, 4) is 0 Å². The van der Waals surface area contributed by atoms with Crippen molar-refractivity contribution in [1.82, 2.24) is 0 Å². The maximum Gasteiger partial charge on any atom is 0.250 e. The van der Waals surface area contributed by atoms with Gasteiger partial charge in [0.2, 0.25) is 5.91 Å². The predicted octanol–water partition coefficient (Wildman–Crippen LogP) is 3.25. The number of rotatable bonds is 4. The second kappa shape index (κ2) is 6.73. The molecule has 0 bridgehead atoms. The van der Waals surface area contributed by atoms with Crippen molar-refractivity contribution in [2.45, 2.75) is 34.1 Å². The van der Waals surface area contributed by atoms with Crippen LogP contribution in [0.4, 0.5) is 11.4 Å². The molecule has 1 aromatic rings. The summed E-state index contributed by atoms with van der Waals surface area (Å²) >= 11 is 0. The van der Waals surface area contributed by atoms with Crippen molar-refractivity contribution in [2.24, 2.45) is 0 Å². The van der Waals surface area contributed by atoms with Gasteiger partial charge in [-0.15, -0.1) is 0 Å². The summed E-state index contributed by atoms with van der Waals surface area (Å²) in [5, 5.41) is 5.56. The third-order valence-corrected chi connectivity index (χ3v) is 2.66. The van der Waals surface area contributed by atoms with Gasteiger partial charge in [0.1, 0.15) is 0 Å². The standard InChI is InChI=1S/C15H20N2O2/c1-5-6-10(2)15(19)17-13-7-8-14(11(3)9-13)16-12(4)18/h6-9H,5H2,1-4H3,(H,16,18)(H,17,19). The second-order valence-corrected chi connectivity index (χ2v) is 4.46. The third kappa shape index (κ3) is 4.58. The van der Waals surface area contributed by atoms with Crippen molar-refractivity contribution in [1.29, 1.82) is 0 Å². The molecule has 0 radical (unpaired) electrons. The van der Waals surface area contributed by atoms with Gasteiger partial charge in [-0.2, -0.15) is 0 Å². The molecular weight excluding hydrogens is 240 g/mol. The fourth-order valence-corrected chi connectivity index (χ4v) is 1.70. The smallest absolute Gasteiger partial charge is 0.250 e. The first-order chi connectivity index (χ1) is 8.93. The van der Waals surface area contributed by atoms with Crippen molar-refractivity contribution >= 4 is 23.2 Å². The first-order valence-electron chi connectivity index (χ1n) is 6.30. The van der Waals surface area contributed by atoms with E-state index in [0.29, 0.717) is 5.57 Å². The highest BCUT2D eigenvalue weighted by atomic mass is 16.2. The molecule has 102 valence electrons. The van der Waals surface area contributed by atoms with E-state index >= 15 is 0 Å². The molecule has 2 amide bonds. The van der Waals surface area contributed by atoms with Gasteiger partial charge in [0, 0.05) is 23.9 Å². The molecule has 0 unspecified atom stereocenters. The van der Waals surface area contributed by atoms with Crippen molar-refractivity contribution in [3.05, 3.63) is 35.4 Å². The zero-order valence-corrected chi connectivity index (χ0v) is 11.8. The lowest BCUT2D eigenvalue weighted by atomic mass is 10.1. The summed E-state index contributed by atoms with van der Waals surface area (Å²) in [7, 11) is 0. The summed E-state index contributed by atoms with van der Waals surface area (Å²) in [6.45, 7) is 7.13. The van der Waals surface area contributed by atoms with Gasteiger partial charge in [-0.1, -0.05) is 13.0 Å². The number of hydrogen-bond donors (Lipinski definition) is 2. The van der Waals surface area contributed by atoms with Crippen LogP contribution in [0.1, 0.15) is 32.8 Å². The van der Waals surface area contributed by atoms with Gasteiger partial charge in [0.05, 0.1) is 0 Å². The number of amides is 2. The minimum atomic E-state index is -0.110. The van der Waals surface area contributed by atoms with Crippen LogP contribution in [0.15, 0.2) is 29.8 Å². The Labute approximate surface area is 113 Å². The third-order valence-electron chi connectivity index (χ3n) is 2.66. The molecular formula is C15H20N2O2. The molecule has 4 heteroatoms. The average Bonchev–Trinajstić information content (AvgIpc) is 2.32. The van der Waals surface area contributed by atoms with Crippen molar-refractivity contribution in [3.63, 3.8) is 0 Å². The van der Waals surface area contributed by atoms with Gasteiger partial charge < -0.3 is 10.6 Å². The predicted molar refractivity (Wildman–Crippen MR) is 78.2 cm³/mol. The van der Waals surface area contributed by atoms with E-state index in [1.807, 2.05) is 26.0 Å². The van der Waals surface area contributed by atoms with E-state index in [4.69, 9.17) is 0 Å². The molecule has 0 fully saturated rings. The second-order valence-electron chi connectivity index (χ2n) is 4.46. The van der Waals surface area contributed by atoms with Gasteiger partial charge in [0.25, 0.3) is 5.91 Å². The van der Waals surface area contributed by atoms with E-state index in [0.717, 1.165) is 23.4 Å². The number of hydrogen-bond acceptors (Lipinski definition) is 2. The summed E-state index contributed by atoms with van der Waals surface area (Å²) in [4.78, 5) is 22.8. The lowest BCUT2D eigenvalue weighted by Crippen LogP contribution is -2.13. The lowest BCUT2D eigenvalue weighted by molar-refractivity contribution is -0.114. The summed E-state index contributed by atoms with van der Waals surface area (Å²) in [5.74, 6) is -0.213. The quantitative estimate of drug-likeness (QED) is 0.816. The Hall–Kier alpha value is -2.10. The maximum atomic E-state index is 11.8. The van der Waals surface area contributed by atoms with Gasteiger partial charge in [-0.25, -0.2) is 0 Å². The Kier molecular flexibility index (Phi) is 5.30. The number of allylic oxidation sites excluding steroid dienone is 1. The van der Waals surface area contributed by atoms with Crippen molar-refractivity contribution < 1.29 is 9.59 Å². The van der Waals surface area contributed by atoms with E-state index in [2.05, 4.69) is 10.6 Å². The zero-order chi connectivity index (χ0) is 14.4. The minimum Gasteiger partial charge on any atom is -0.326 e. The van der Waals surface area contributed by atoms with Crippen LogP contribution in [0.3, 0.4) is 0 Å². The van der Waals surface area contributed by atoms with Crippen LogP contribution in [-0.4, -0.2) is 11.8 Å². The van der Waals surface area contributed by atoms with Crippen LogP contribution < -0.4 is 10.6 Å². The highest BCUT2D eigenvalue weighted by Gasteiger charge is 2.06. The normalized spacial score (nSPS) is 11.1. The topological polar surface area (TPSA) is 58.2 Å². The van der Waals surface area contributed by atoms with E-state index < -0.39 is 0 Å². The molecule has 2 N–H and O–H groups in total. The fourth-order valence-electron chi connectivity index (χ4n) is 1.70. The van der Waals surface area contributed by atoms with E-state index in [1.54, 1.807) is 19.1 Å². The molecule has 19 heavy (non-hydrogen) atoms. The molecule has 0 aliphatic heterocycles. The van der Waals surface area contributed by atoms with E-state index in [9.17, 15) is 9.59 Å². The maximum absolute atomic E-state index is 11.8. The van der Waals surface area contributed by atoms with Crippen LogP contribution in [-0.2, 0) is 9.59 Å². The van der Waals surface area contributed by atoms with Crippen LogP contribution in [0.2, 0.25) is 0 Å². The monoisotopic (exact) mass is 260 g/mol. The zero-order valence-electron chi connectivity index (χ0n) is 11.8. The van der Waals surface area contributed by atoms with Gasteiger partial charge in [-0.05, 0) is 44.0 Å². The number of carbonyl (C=O) groups is 2. The molecule has 1 rings (SSSR count). The number of anilines is 2. The molecule has 0 spiro atoms. The van der Waals surface area contributed by atoms with Gasteiger partial charge >= 0.3 is 0 Å². The molecule has 1 aromatic carbocycles. The van der Waals surface area contributed by atoms with Crippen LogP contribution >= 0.6 is 0 Å². The lowest BCUT2D eigenvalue weighted by Gasteiger charge is -2.10. The first-order valence-corrected chi connectivity index (χ1v) is 6.30. The highest BCUT2D eigenvalue weighted by Crippen LogP contribution is 2.20. The SMILES string of the molecule is CCC=C(C)C(=O)Nc1ccc(NC(C)=O)c(C)c1. The molecule has 0 atom stereocenters. The Bertz CT molecular complexity index is 519. The largest absolute Gasteiger partial charge is 0.326 e. The Morgan fingerprint density at radius 3 is 2.42 bits per heavy atom. The number of aryl methyl sites for hydroxylation is 1. The molecule has 0 saturated heterocycles. The minimum absolute atomic E-state index is 0.103. The highest BCUT2D eigenvalue weighted by molar-refractivity contribution is 6.03. The van der Waals surface area contributed by atoms with Gasteiger partial charge in [-0.3, -0.25) is 9.59 Å². The molecule has 0 aliphatic rings. The van der Waals surface area contributed by atoms with E-state index in [-0.39, 0.29) is 11.8 Å². The fraction of sp³-hybridized carbons (Fsp3) is 0.333.